The second-order valence-electron chi connectivity index (χ2n) is 6.41. The highest BCUT2D eigenvalue weighted by atomic mass is 19.2. The Hall–Kier alpha value is -2.09. The number of benzene rings is 1. The van der Waals surface area contributed by atoms with Gasteiger partial charge in [0.1, 0.15) is 0 Å². The summed E-state index contributed by atoms with van der Waals surface area (Å²) in [6.45, 7) is 5.15. The molecule has 0 bridgehead atoms. The van der Waals surface area contributed by atoms with Crippen molar-refractivity contribution in [2.45, 2.75) is 32.7 Å². The molecule has 0 saturated carbocycles. The third-order valence-corrected chi connectivity index (χ3v) is 4.35. The van der Waals surface area contributed by atoms with Gasteiger partial charge < -0.3 is 10.6 Å². The number of halogens is 3. The van der Waals surface area contributed by atoms with Crippen molar-refractivity contribution in [3.63, 3.8) is 0 Å². The summed E-state index contributed by atoms with van der Waals surface area (Å²) in [5.74, 6) is -4.99. The highest BCUT2D eigenvalue weighted by molar-refractivity contribution is 5.95. The van der Waals surface area contributed by atoms with Gasteiger partial charge in [0.15, 0.2) is 17.5 Å². The van der Waals surface area contributed by atoms with Crippen LogP contribution in [-0.2, 0) is 9.59 Å². The molecule has 1 aromatic rings. The van der Waals surface area contributed by atoms with E-state index < -0.39 is 29.0 Å². The monoisotopic (exact) mass is 357 g/mol. The van der Waals surface area contributed by atoms with Gasteiger partial charge in [-0.05, 0) is 44.4 Å². The Labute approximate surface area is 144 Å². The van der Waals surface area contributed by atoms with Crippen LogP contribution in [0.4, 0.5) is 18.9 Å². The van der Waals surface area contributed by atoms with Crippen molar-refractivity contribution in [2.75, 3.05) is 25.0 Å². The predicted octanol–water partition coefficient (Wildman–Crippen LogP) is 2.28. The first-order chi connectivity index (χ1) is 11.8. The number of nitrogens with one attached hydrogen (secondary N) is 2. The number of amides is 2. The van der Waals surface area contributed by atoms with Gasteiger partial charge in [-0.3, -0.25) is 14.5 Å². The van der Waals surface area contributed by atoms with Crippen LogP contribution < -0.4 is 10.6 Å². The van der Waals surface area contributed by atoms with Crippen LogP contribution in [0.2, 0.25) is 0 Å². The SMILES string of the molecule is CC1CCCN(C(C)C(=O)NCC(=O)Nc2ccc(F)c(F)c2F)C1. The fourth-order valence-electron chi connectivity index (χ4n) is 2.88. The van der Waals surface area contributed by atoms with Crippen molar-refractivity contribution in [1.29, 1.82) is 0 Å². The fourth-order valence-corrected chi connectivity index (χ4v) is 2.88. The topological polar surface area (TPSA) is 61.4 Å². The third-order valence-electron chi connectivity index (χ3n) is 4.35. The standard InChI is InChI=1S/C17H22F3N3O2/c1-10-4-3-7-23(9-10)11(2)17(25)21-8-14(24)22-13-6-5-12(18)15(19)16(13)20/h5-6,10-11H,3-4,7-9H2,1-2H3,(H,21,25)(H,22,24). The molecule has 0 spiro atoms. The Bertz CT molecular complexity index is 654. The normalized spacial score (nSPS) is 19.3. The molecule has 1 aliphatic heterocycles. The van der Waals surface area contributed by atoms with E-state index in [-0.39, 0.29) is 18.5 Å². The van der Waals surface area contributed by atoms with Crippen molar-refractivity contribution in [3.05, 3.63) is 29.6 Å². The van der Waals surface area contributed by atoms with Crippen molar-refractivity contribution in [1.82, 2.24) is 10.2 Å². The van der Waals surface area contributed by atoms with E-state index in [9.17, 15) is 22.8 Å². The average molecular weight is 357 g/mol. The largest absolute Gasteiger partial charge is 0.346 e. The second kappa shape index (κ2) is 8.33. The lowest BCUT2D eigenvalue weighted by Gasteiger charge is -2.34. The van der Waals surface area contributed by atoms with E-state index in [0.717, 1.165) is 32.0 Å². The first kappa shape index (κ1) is 19.2. The van der Waals surface area contributed by atoms with E-state index in [2.05, 4.69) is 22.5 Å². The van der Waals surface area contributed by atoms with Crippen LogP contribution >= 0.6 is 0 Å². The number of anilines is 1. The number of carbonyl (C=O) groups excluding carboxylic acids is 2. The van der Waals surface area contributed by atoms with E-state index in [4.69, 9.17) is 0 Å². The first-order valence-corrected chi connectivity index (χ1v) is 8.24. The van der Waals surface area contributed by atoms with Crippen LogP contribution in [0, 0.1) is 23.4 Å². The summed E-state index contributed by atoms with van der Waals surface area (Å²) < 4.78 is 39.5. The van der Waals surface area contributed by atoms with Crippen molar-refractivity contribution in [2.24, 2.45) is 5.92 Å². The molecule has 1 saturated heterocycles. The molecule has 2 N–H and O–H groups in total. The van der Waals surface area contributed by atoms with Crippen molar-refractivity contribution in [3.8, 4) is 0 Å². The molecule has 8 heteroatoms. The molecule has 0 aromatic heterocycles. The molecule has 2 unspecified atom stereocenters. The number of nitrogens with zero attached hydrogens (tertiary/aromatic N) is 1. The molecular formula is C17H22F3N3O2. The smallest absolute Gasteiger partial charge is 0.243 e. The zero-order valence-corrected chi connectivity index (χ0v) is 14.2. The maximum atomic E-state index is 13.5. The van der Waals surface area contributed by atoms with Crippen LogP contribution in [0.25, 0.3) is 0 Å². The van der Waals surface area contributed by atoms with E-state index in [1.165, 1.54) is 0 Å². The predicted molar refractivity (Wildman–Crippen MR) is 87.4 cm³/mol. The molecule has 2 rings (SSSR count). The summed E-state index contributed by atoms with van der Waals surface area (Å²) in [6, 6.07) is 1.26. The Kier molecular flexibility index (Phi) is 6.41. The quantitative estimate of drug-likeness (QED) is 0.795. The van der Waals surface area contributed by atoms with Gasteiger partial charge in [-0.2, -0.15) is 0 Å². The molecule has 0 aliphatic carbocycles. The molecule has 1 fully saturated rings. The van der Waals surface area contributed by atoms with E-state index in [1.807, 2.05) is 0 Å². The van der Waals surface area contributed by atoms with Crippen LogP contribution in [0.1, 0.15) is 26.7 Å². The summed E-state index contributed by atoms with van der Waals surface area (Å²) in [5, 5.41) is 4.59. The second-order valence-corrected chi connectivity index (χ2v) is 6.41. The maximum Gasteiger partial charge on any atom is 0.243 e. The van der Waals surface area contributed by atoms with Crippen LogP contribution in [0.15, 0.2) is 12.1 Å². The molecule has 0 radical (unpaired) electrons. The summed E-state index contributed by atoms with van der Waals surface area (Å²) >= 11 is 0. The number of carbonyl (C=O) groups is 2. The Morgan fingerprint density at radius 3 is 2.68 bits per heavy atom. The lowest BCUT2D eigenvalue weighted by molar-refractivity contribution is -0.128. The average Bonchev–Trinajstić information content (AvgIpc) is 2.59. The number of piperidine rings is 1. The first-order valence-electron chi connectivity index (χ1n) is 8.24. The number of likely N-dealkylation sites (tertiary alicyclic amines) is 1. The van der Waals surface area contributed by atoms with Gasteiger partial charge in [0.25, 0.3) is 0 Å². The molecule has 138 valence electrons. The van der Waals surface area contributed by atoms with E-state index >= 15 is 0 Å². The minimum atomic E-state index is -1.66. The van der Waals surface area contributed by atoms with Gasteiger partial charge >= 0.3 is 0 Å². The van der Waals surface area contributed by atoms with Gasteiger partial charge in [-0.1, -0.05) is 6.92 Å². The third kappa shape index (κ3) is 4.94. The van der Waals surface area contributed by atoms with E-state index in [0.29, 0.717) is 12.0 Å². The highest BCUT2D eigenvalue weighted by Gasteiger charge is 2.25. The summed E-state index contributed by atoms with van der Waals surface area (Å²) in [7, 11) is 0. The fraction of sp³-hybridized carbons (Fsp3) is 0.529. The van der Waals surface area contributed by atoms with Gasteiger partial charge in [0.2, 0.25) is 11.8 Å². The van der Waals surface area contributed by atoms with Gasteiger partial charge in [-0.15, -0.1) is 0 Å². The van der Waals surface area contributed by atoms with Crippen LogP contribution in [0.5, 0.6) is 0 Å². The molecule has 2 amide bonds. The van der Waals surface area contributed by atoms with Gasteiger partial charge in [0, 0.05) is 6.54 Å². The van der Waals surface area contributed by atoms with Crippen LogP contribution in [0.3, 0.4) is 0 Å². The zero-order valence-electron chi connectivity index (χ0n) is 14.2. The van der Waals surface area contributed by atoms with Gasteiger partial charge in [0.05, 0.1) is 18.3 Å². The number of hydrogen-bond acceptors (Lipinski definition) is 3. The Morgan fingerprint density at radius 2 is 2.00 bits per heavy atom. The summed E-state index contributed by atoms with van der Waals surface area (Å²) in [5.41, 5.74) is -0.476. The molecule has 1 aliphatic rings. The summed E-state index contributed by atoms with van der Waals surface area (Å²) in [6.07, 6.45) is 2.15. The van der Waals surface area contributed by atoms with Crippen molar-refractivity contribution >= 4 is 17.5 Å². The van der Waals surface area contributed by atoms with Crippen molar-refractivity contribution < 1.29 is 22.8 Å². The molecule has 1 aromatic carbocycles. The zero-order chi connectivity index (χ0) is 18.6. The Balaban J connectivity index is 1.85. The minimum Gasteiger partial charge on any atom is -0.346 e. The Morgan fingerprint density at radius 1 is 1.28 bits per heavy atom. The molecular weight excluding hydrogens is 335 g/mol. The molecule has 1 heterocycles. The lowest BCUT2D eigenvalue weighted by Crippen LogP contribution is -2.49. The molecule has 2 atom stereocenters. The number of rotatable bonds is 5. The molecule has 25 heavy (non-hydrogen) atoms. The van der Waals surface area contributed by atoms with Crippen LogP contribution in [-0.4, -0.2) is 42.4 Å². The highest BCUT2D eigenvalue weighted by Crippen LogP contribution is 2.19. The molecule has 5 nitrogen and oxygen atoms in total. The van der Waals surface area contributed by atoms with Gasteiger partial charge in [-0.25, -0.2) is 13.2 Å². The number of hydrogen-bond donors (Lipinski definition) is 2. The lowest BCUT2D eigenvalue weighted by atomic mass is 9.99. The maximum absolute atomic E-state index is 13.5. The minimum absolute atomic E-state index is 0.310. The van der Waals surface area contributed by atoms with E-state index in [1.54, 1.807) is 6.92 Å². The summed E-state index contributed by atoms with van der Waals surface area (Å²) in [4.78, 5) is 26.0.